The van der Waals surface area contributed by atoms with E-state index in [-0.39, 0.29) is 23.7 Å². The molecule has 2 heterocycles. The summed E-state index contributed by atoms with van der Waals surface area (Å²) >= 11 is 0. The summed E-state index contributed by atoms with van der Waals surface area (Å²) in [5, 5.41) is 2.56. The first kappa shape index (κ1) is 17.3. The van der Waals surface area contributed by atoms with Crippen molar-refractivity contribution in [2.75, 3.05) is 26.4 Å². The van der Waals surface area contributed by atoms with E-state index in [0.717, 1.165) is 18.4 Å². The predicted molar refractivity (Wildman–Crippen MR) is 88.1 cm³/mol. The first-order valence-electron chi connectivity index (χ1n) is 7.96. The summed E-state index contributed by atoms with van der Waals surface area (Å²) in [7, 11) is -1.94. The number of hydrogen-bond donors (Lipinski definition) is 1. The van der Waals surface area contributed by atoms with Crippen LogP contribution in [0.2, 0.25) is 0 Å². The third kappa shape index (κ3) is 3.31. The summed E-state index contributed by atoms with van der Waals surface area (Å²) < 4.78 is 38.8. The minimum atomic E-state index is -3.47. The maximum Gasteiger partial charge on any atom is 0.238 e. The lowest BCUT2D eigenvalue weighted by Gasteiger charge is -2.27. The number of nitrogens with one attached hydrogen (secondary N) is 1. The summed E-state index contributed by atoms with van der Waals surface area (Å²) in [5.74, 6) is -0.379. The van der Waals surface area contributed by atoms with E-state index in [0.29, 0.717) is 19.5 Å². The van der Waals surface area contributed by atoms with Gasteiger partial charge < -0.3 is 5.32 Å². The van der Waals surface area contributed by atoms with Crippen LogP contribution in [0, 0.1) is 11.7 Å². The number of amides is 1. The molecule has 3 rings (SSSR count). The van der Waals surface area contributed by atoms with E-state index in [4.69, 9.17) is 0 Å². The molecule has 1 aromatic carbocycles. The second-order valence-electron chi connectivity index (χ2n) is 6.61. The minimum absolute atomic E-state index is 0.141. The van der Waals surface area contributed by atoms with Gasteiger partial charge in [0.15, 0.2) is 0 Å². The van der Waals surface area contributed by atoms with Crippen LogP contribution in [0.25, 0.3) is 0 Å². The molecule has 8 heteroatoms. The van der Waals surface area contributed by atoms with Crippen molar-refractivity contribution in [1.82, 2.24) is 14.5 Å². The van der Waals surface area contributed by atoms with Gasteiger partial charge in [-0.3, -0.25) is 9.69 Å². The van der Waals surface area contributed by atoms with Crippen LogP contribution in [0.15, 0.2) is 24.3 Å². The Morgan fingerprint density at radius 3 is 2.54 bits per heavy atom. The lowest BCUT2D eigenvalue weighted by Crippen LogP contribution is -2.49. The molecule has 2 saturated heterocycles. The normalized spacial score (nSPS) is 28.0. The van der Waals surface area contributed by atoms with Crippen LogP contribution in [0.5, 0.6) is 0 Å². The Kier molecular flexibility index (Phi) is 4.63. The Morgan fingerprint density at radius 2 is 1.96 bits per heavy atom. The standard InChI is InChI=1S/C16H22FN3O3S/c1-18-16(21)14-7-12-9-19(8-11-3-5-13(17)6-4-11)10-15(12)20(14)24(2,22)23/h3-6,12,14-15H,7-10H2,1-2H3,(H,18,21)/t12-,14-,15+/m0/s1. The molecule has 2 aliphatic heterocycles. The number of sulfonamides is 1. The molecule has 0 aromatic heterocycles. The Balaban J connectivity index is 1.74. The Morgan fingerprint density at radius 1 is 1.29 bits per heavy atom. The van der Waals surface area contributed by atoms with Gasteiger partial charge in [-0.25, -0.2) is 12.8 Å². The first-order valence-corrected chi connectivity index (χ1v) is 9.81. The highest BCUT2D eigenvalue weighted by Gasteiger charge is 2.52. The fraction of sp³-hybridized carbons (Fsp3) is 0.562. The molecule has 24 heavy (non-hydrogen) atoms. The van der Waals surface area contributed by atoms with E-state index < -0.39 is 16.1 Å². The predicted octanol–water partition coefficient (Wildman–Crippen LogP) is 0.406. The first-order chi connectivity index (χ1) is 11.3. The second kappa shape index (κ2) is 6.42. The largest absolute Gasteiger partial charge is 0.358 e. The molecule has 0 spiro atoms. The third-order valence-electron chi connectivity index (χ3n) is 4.89. The van der Waals surface area contributed by atoms with Crippen LogP contribution in [0.3, 0.4) is 0 Å². The van der Waals surface area contributed by atoms with Crippen LogP contribution >= 0.6 is 0 Å². The van der Waals surface area contributed by atoms with Crippen LogP contribution in [0.4, 0.5) is 4.39 Å². The Hall–Kier alpha value is -1.51. The molecule has 2 fully saturated rings. The quantitative estimate of drug-likeness (QED) is 0.849. The van der Waals surface area contributed by atoms with Crippen molar-refractivity contribution < 1.29 is 17.6 Å². The summed E-state index contributed by atoms with van der Waals surface area (Å²) in [5.41, 5.74) is 0.991. The van der Waals surface area contributed by atoms with Crippen molar-refractivity contribution in [1.29, 1.82) is 0 Å². The molecule has 132 valence electrons. The fourth-order valence-corrected chi connectivity index (χ4v) is 5.30. The highest BCUT2D eigenvalue weighted by Crippen LogP contribution is 2.38. The van der Waals surface area contributed by atoms with Crippen LogP contribution in [0.1, 0.15) is 12.0 Å². The van der Waals surface area contributed by atoms with Gasteiger partial charge in [0.25, 0.3) is 0 Å². The van der Waals surface area contributed by atoms with Crippen molar-refractivity contribution in [3.8, 4) is 0 Å². The smallest absolute Gasteiger partial charge is 0.238 e. The van der Waals surface area contributed by atoms with Crippen LogP contribution < -0.4 is 5.32 Å². The molecule has 6 nitrogen and oxygen atoms in total. The second-order valence-corrected chi connectivity index (χ2v) is 8.49. The number of carbonyl (C=O) groups excluding carboxylic acids is 1. The van der Waals surface area contributed by atoms with Gasteiger partial charge >= 0.3 is 0 Å². The summed E-state index contributed by atoms with van der Waals surface area (Å²) in [4.78, 5) is 14.2. The van der Waals surface area contributed by atoms with E-state index >= 15 is 0 Å². The number of carbonyl (C=O) groups is 1. The minimum Gasteiger partial charge on any atom is -0.358 e. The van der Waals surface area contributed by atoms with E-state index in [9.17, 15) is 17.6 Å². The van der Waals surface area contributed by atoms with E-state index in [1.165, 1.54) is 23.5 Å². The molecule has 0 radical (unpaired) electrons. The molecular weight excluding hydrogens is 333 g/mol. The van der Waals surface area contributed by atoms with Gasteiger partial charge in [0.1, 0.15) is 11.9 Å². The number of rotatable bonds is 4. The van der Waals surface area contributed by atoms with Gasteiger partial charge in [-0.05, 0) is 30.0 Å². The molecule has 1 N–H and O–H groups in total. The van der Waals surface area contributed by atoms with Gasteiger partial charge in [0.05, 0.1) is 6.26 Å². The lowest BCUT2D eigenvalue weighted by atomic mass is 10.0. The number of halogens is 1. The molecule has 3 atom stereocenters. The summed E-state index contributed by atoms with van der Waals surface area (Å²) in [6.07, 6.45) is 1.70. The number of likely N-dealkylation sites (tertiary alicyclic amines) is 1. The maximum atomic E-state index is 13.0. The topological polar surface area (TPSA) is 69.7 Å². The van der Waals surface area contributed by atoms with Crippen molar-refractivity contribution >= 4 is 15.9 Å². The Bertz CT molecular complexity index is 723. The molecule has 0 bridgehead atoms. The van der Waals surface area contributed by atoms with Gasteiger partial charge in [-0.2, -0.15) is 4.31 Å². The van der Waals surface area contributed by atoms with E-state index in [2.05, 4.69) is 10.2 Å². The summed E-state index contributed by atoms with van der Waals surface area (Å²) in [6.45, 7) is 1.97. The highest BCUT2D eigenvalue weighted by atomic mass is 32.2. The number of nitrogens with zero attached hydrogens (tertiary/aromatic N) is 2. The number of fused-ring (bicyclic) bond motifs is 1. The summed E-state index contributed by atoms with van der Waals surface area (Å²) in [6, 6.07) is 5.54. The molecule has 1 aromatic rings. The van der Waals surface area contributed by atoms with Gasteiger partial charge in [-0.1, -0.05) is 12.1 Å². The van der Waals surface area contributed by atoms with Gasteiger partial charge in [-0.15, -0.1) is 0 Å². The zero-order chi connectivity index (χ0) is 17.5. The van der Waals surface area contributed by atoms with Crippen molar-refractivity contribution in [3.05, 3.63) is 35.6 Å². The van der Waals surface area contributed by atoms with Crippen molar-refractivity contribution in [2.45, 2.75) is 25.0 Å². The van der Waals surface area contributed by atoms with Crippen molar-refractivity contribution in [2.24, 2.45) is 5.92 Å². The van der Waals surface area contributed by atoms with Gasteiger partial charge in [0, 0.05) is 32.7 Å². The molecule has 2 aliphatic rings. The van der Waals surface area contributed by atoms with E-state index in [1.807, 2.05) is 0 Å². The lowest BCUT2D eigenvalue weighted by molar-refractivity contribution is -0.124. The zero-order valence-electron chi connectivity index (χ0n) is 13.8. The SMILES string of the molecule is CNC(=O)[C@@H]1C[C@H]2CN(Cc3ccc(F)cc3)C[C@H]2N1S(C)(=O)=O. The van der Waals surface area contributed by atoms with Crippen LogP contribution in [-0.2, 0) is 21.4 Å². The monoisotopic (exact) mass is 355 g/mol. The van der Waals surface area contributed by atoms with Crippen LogP contribution in [-0.4, -0.2) is 62.0 Å². The third-order valence-corrected chi connectivity index (χ3v) is 6.18. The molecule has 0 unspecified atom stereocenters. The molecule has 1 amide bonds. The average Bonchev–Trinajstić information content (AvgIpc) is 3.04. The molecule has 0 saturated carbocycles. The zero-order valence-corrected chi connectivity index (χ0v) is 14.6. The highest BCUT2D eigenvalue weighted by molar-refractivity contribution is 7.88. The number of benzene rings is 1. The number of likely N-dealkylation sites (N-methyl/N-ethyl adjacent to an activating group) is 1. The van der Waals surface area contributed by atoms with Gasteiger partial charge in [0.2, 0.25) is 15.9 Å². The maximum absolute atomic E-state index is 13.0. The fourth-order valence-electron chi connectivity index (χ4n) is 3.93. The average molecular weight is 355 g/mol. The van der Waals surface area contributed by atoms with Crippen molar-refractivity contribution in [3.63, 3.8) is 0 Å². The van der Waals surface area contributed by atoms with E-state index in [1.54, 1.807) is 12.1 Å². The molecule has 0 aliphatic carbocycles. The molecular formula is C16H22FN3O3S. The number of hydrogen-bond acceptors (Lipinski definition) is 4. The Labute approximate surface area is 141 Å².